The third-order valence-electron chi connectivity index (χ3n) is 5.88. The number of methoxy groups -OCH3 is 1. The molecule has 0 aromatic carbocycles. The zero-order valence-corrected chi connectivity index (χ0v) is 14.8. The van der Waals surface area contributed by atoms with Gasteiger partial charge in [-0.05, 0) is 38.6 Å². The molecule has 1 aromatic heterocycles. The first-order valence-electron chi connectivity index (χ1n) is 9.26. The number of carbonyl (C=O) groups is 1. The molecule has 1 aliphatic carbocycles. The van der Waals surface area contributed by atoms with E-state index in [2.05, 4.69) is 9.80 Å². The van der Waals surface area contributed by atoms with E-state index in [4.69, 9.17) is 9.15 Å². The van der Waals surface area contributed by atoms with Crippen LogP contribution >= 0.6 is 0 Å². The highest BCUT2D eigenvalue weighted by molar-refractivity contribution is 5.78. The molecule has 3 heterocycles. The van der Waals surface area contributed by atoms with E-state index in [1.807, 2.05) is 0 Å². The second kappa shape index (κ2) is 6.48. The van der Waals surface area contributed by atoms with E-state index < -0.39 is 0 Å². The minimum absolute atomic E-state index is 0.140. The van der Waals surface area contributed by atoms with Gasteiger partial charge >= 0.3 is 0 Å². The predicted molar refractivity (Wildman–Crippen MR) is 92.4 cm³/mol. The summed E-state index contributed by atoms with van der Waals surface area (Å²) < 4.78 is 10.5. The molecule has 1 amide bonds. The number of carbonyl (C=O) groups excluding carboxylic acids is 1. The first-order chi connectivity index (χ1) is 12.1. The van der Waals surface area contributed by atoms with E-state index in [9.17, 15) is 9.59 Å². The Kier molecular flexibility index (Phi) is 4.31. The van der Waals surface area contributed by atoms with Gasteiger partial charge in [0, 0.05) is 37.0 Å². The van der Waals surface area contributed by atoms with E-state index in [1.165, 1.54) is 38.7 Å². The molecule has 0 radical (unpaired) electrons. The summed E-state index contributed by atoms with van der Waals surface area (Å²) in [6.07, 6.45) is 7.72. The molecule has 0 unspecified atom stereocenters. The average molecular weight is 346 g/mol. The van der Waals surface area contributed by atoms with Gasteiger partial charge in [0.2, 0.25) is 17.1 Å². The summed E-state index contributed by atoms with van der Waals surface area (Å²) in [6, 6.07) is 2.03. The molecular formula is C19H26N2O4. The van der Waals surface area contributed by atoms with E-state index in [0.717, 1.165) is 32.5 Å². The molecule has 2 saturated heterocycles. The van der Waals surface area contributed by atoms with Gasteiger partial charge in [0.1, 0.15) is 12.0 Å². The molecule has 3 fully saturated rings. The van der Waals surface area contributed by atoms with Crippen LogP contribution in [0.2, 0.25) is 0 Å². The summed E-state index contributed by atoms with van der Waals surface area (Å²) in [5.74, 6) is 1.25. The van der Waals surface area contributed by atoms with Crippen LogP contribution in [0.5, 0.6) is 5.75 Å². The molecule has 0 N–H and O–H groups in total. The van der Waals surface area contributed by atoms with Crippen molar-refractivity contribution in [1.82, 2.24) is 9.80 Å². The Morgan fingerprint density at radius 3 is 2.84 bits per heavy atom. The minimum Gasteiger partial charge on any atom is -0.490 e. The smallest absolute Gasteiger partial charge is 0.227 e. The highest BCUT2D eigenvalue weighted by Gasteiger charge is 2.45. The fraction of sp³-hybridized carbons (Fsp3) is 0.684. The Bertz CT molecular complexity index is 712. The molecule has 4 rings (SSSR count). The fourth-order valence-electron chi connectivity index (χ4n) is 4.43. The van der Waals surface area contributed by atoms with Crippen molar-refractivity contribution in [2.45, 2.75) is 51.1 Å². The van der Waals surface area contributed by atoms with E-state index in [0.29, 0.717) is 30.7 Å². The zero-order valence-electron chi connectivity index (χ0n) is 14.8. The molecule has 6 nitrogen and oxygen atoms in total. The molecule has 3 aliphatic rings. The van der Waals surface area contributed by atoms with Crippen LogP contribution in [0, 0.1) is 5.41 Å². The molecule has 1 saturated carbocycles. The van der Waals surface area contributed by atoms with E-state index in [-0.39, 0.29) is 16.6 Å². The van der Waals surface area contributed by atoms with Gasteiger partial charge in [-0.15, -0.1) is 0 Å². The zero-order chi connectivity index (χ0) is 17.4. The number of nitrogens with zero attached hydrogens (tertiary/aromatic N) is 2. The maximum Gasteiger partial charge on any atom is 0.227 e. The molecule has 0 bridgehead atoms. The van der Waals surface area contributed by atoms with Crippen molar-refractivity contribution in [1.29, 1.82) is 0 Å². The van der Waals surface area contributed by atoms with Crippen LogP contribution in [-0.4, -0.2) is 48.5 Å². The third-order valence-corrected chi connectivity index (χ3v) is 5.88. The van der Waals surface area contributed by atoms with Crippen LogP contribution in [0.1, 0.15) is 44.3 Å². The Hall–Kier alpha value is -1.82. The number of amides is 1. The first kappa shape index (κ1) is 16.6. The predicted octanol–water partition coefficient (Wildman–Crippen LogP) is 2.02. The maximum atomic E-state index is 12.2. The summed E-state index contributed by atoms with van der Waals surface area (Å²) in [7, 11) is 1.47. The van der Waals surface area contributed by atoms with Gasteiger partial charge in [0.05, 0.1) is 13.7 Å². The van der Waals surface area contributed by atoms with Gasteiger partial charge in [-0.3, -0.25) is 14.5 Å². The number of ether oxygens (including phenoxy) is 1. The molecule has 2 aliphatic heterocycles. The van der Waals surface area contributed by atoms with Gasteiger partial charge in [-0.1, -0.05) is 0 Å². The molecule has 6 heteroatoms. The molecule has 1 aromatic rings. The van der Waals surface area contributed by atoms with Crippen molar-refractivity contribution < 1.29 is 13.9 Å². The van der Waals surface area contributed by atoms with Crippen LogP contribution in [0.15, 0.2) is 21.5 Å². The van der Waals surface area contributed by atoms with Gasteiger partial charge in [-0.2, -0.15) is 0 Å². The maximum absolute atomic E-state index is 12.2. The minimum atomic E-state index is -0.140. The quantitative estimate of drug-likeness (QED) is 0.835. The van der Waals surface area contributed by atoms with Gasteiger partial charge in [-0.25, -0.2) is 0 Å². The van der Waals surface area contributed by atoms with Crippen LogP contribution in [0.3, 0.4) is 0 Å². The number of piperidine rings is 2. The van der Waals surface area contributed by atoms with E-state index in [1.54, 1.807) is 0 Å². The fourth-order valence-corrected chi connectivity index (χ4v) is 4.43. The van der Waals surface area contributed by atoms with E-state index >= 15 is 0 Å². The number of hydrogen-bond acceptors (Lipinski definition) is 5. The lowest BCUT2D eigenvalue weighted by Gasteiger charge is -2.48. The summed E-state index contributed by atoms with van der Waals surface area (Å²) in [5, 5.41) is 0. The van der Waals surface area contributed by atoms with Crippen LogP contribution < -0.4 is 10.2 Å². The molecule has 136 valence electrons. The largest absolute Gasteiger partial charge is 0.490 e. The monoisotopic (exact) mass is 346 g/mol. The second-order valence-electron chi connectivity index (χ2n) is 7.85. The van der Waals surface area contributed by atoms with Crippen molar-refractivity contribution in [2.75, 3.05) is 26.7 Å². The van der Waals surface area contributed by atoms with Crippen LogP contribution in [0.25, 0.3) is 0 Å². The Morgan fingerprint density at radius 2 is 2.12 bits per heavy atom. The lowest BCUT2D eigenvalue weighted by molar-refractivity contribution is -0.140. The van der Waals surface area contributed by atoms with Gasteiger partial charge in [0.15, 0.2) is 0 Å². The van der Waals surface area contributed by atoms with Crippen molar-refractivity contribution in [3.63, 3.8) is 0 Å². The first-order valence-corrected chi connectivity index (χ1v) is 9.26. The standard InChI is InChI=1S/C19H26N2O4/c1-24-17-11-25-15(9-16(17)22)10-20-8-2-6-19(12-20)7-5-18(23)21(13-19)14-3-4-14/h9,11,14H,2-8,10,12-13H2,1H3/t19-/m0/s1. The average Bonchev–Trinajstić information content (AvgIpc) is 3.43. The summed E-state index contributed by atoms with van der Waals surface area (Å²) in [5.41, 5.74) is 0.0697. The summed E-state index contributed by atoms with van der Waals surface area (Å²) >= 11 is 0. The lowest BCUT2D eigenvalue weighted by Crippen LogP contribution is -2.54. The molecule has 25 heavy (non-hydrogen) atoms. The van der Waals surface area contributed by atoms with Crippen molar-refractivity contribution in [3.05, 3.63) is 28.3 Å². The highest BCUT2D eigenvalue weighted by atomic mass is 16.5. The van der Waals surface area contributed by atoms with Gasteiger partial charge in [0.25, 0.3) is 0 Å². The Balaban J connectivity index is 1.44. The Labute approximate surface area is 147 Å². The summed E-state index contributed by atoms with van der Waals surface area (Å²) in [6.45, 7) is 3.52. The van der Waals surface area contributed by atoms with Gasteiger partial charge < -0.3 is 14.1 Å². The Morgan fingerprint density at radius 1 is 1.28 bits per heavy atom. The lowest BCUT2D eigenvalue weighted by atomic mass is 9.73. The molecule has 1 spiro atoms. The highest BCUT2D eigenvalue weighted by Crippen LogP contribution is 2.42. The summed E-state index contributed by atoms with van der Waals surface area (Å²) in [4.78, 5) is 28.7. The topological polar surface area (TPSA) is 63.0 Å². The van der Waals surface area contributed by atoms with Crippen molar-refractivity contribution in [3.8, 4) is 5.75 Å². The number of likely N-dealkylation sites (tertiary alicyclic amines) is 2. The normalized spacial score (nSPS) is 27.7. The number of rotatable bonds is 4. The van der Waals surface area contributed by atoms with Crippen LogP contribution in [0.4, 0.5) is 0 Å². The third kappa shape index (κ3) is 3.45. The SMILES string of the molecule is COc1coc(CN2CCC[C@]3(CCC(=O)N(C4CC4)C3)C2)cc1=O. The van der Waals surface area contributed by atoms with Crippen molar-refractivity contribution >= 4 is 5.91 Å². The molecular weight excluding hydrogens is 320 g/mol. The second-order valence-corrected chi connectivity index (χ2v) is 7.85. The molecule has 1 atom stereocenters. The van der Waals surface area contributed by atoms with Crippen molar-refractivity contribution in [2.24, 2.45) is 5.41 Å². The van der Waals surface area contributed by atoms with Crippen LogP contribution in [-0.2, 0) is 11.3 Å². The number of hydrogen-bond donors (Lipinski definition) is 0.